The van der Waals surface area contributed by atoms with E-state index in [1.54, 1.807) is 13.1 Å². The van der Waals surface area contributed by atoms with Crippen molar-refractivity contribution in [3.05, 3.63) is 40.0 Å². The van der Waals surface area contributed by atoms with Gasteiger partial charge >= 0.3 is 0 Å². The molecule has 2 N–H and O–H groups in total. The highest BCUT2D eigenvalue weighted by atomic mass is 16.3. The molecule has 120 valence electrons. The monoisotopic (exact) mass is 304 g/mol. The maximum Gasteiger partial charge on any atom is 0.141 e. The summed E-state index contributed by atoms with van der Waals surface area (Å²) in [5.74, 6) is 0.165. The van der Waals surface area contributed by atoms with Crippen LogP contribution >= 0.6 is 0 Å². The van der Waals surface area contributed by atoms with E-state index in [2.05, 4.69) is 21.9 Å². The van der Waals surface area contributed by atoms with Crippen molar-refractivity contribution < 1.29 is 10.2 Å². The molecule has 0 aliphatic heterocycles. The van der Waals surface area contributed by atoms with Gasteiger partial charge in [-0.2, -0.15) is 5.10 Å². The van der Waals surface area contributed by atoms with E-state index in [1.165, 1.54) is 5.56 Å². The molecule has 22 heavy (non-hydrogen) atoms. The van der Waals surface area contributed by atoms with Crippen LogP contribution in [-0.4, -0.2) is 36.9 Å². The second kappa shape index (κ2) is 6.46. The van der Waals surface area contributed by atoms with Gasteiger partial charge in [-0.3, -0.25) is 14.6 Å². The molecule has 0 aliphatic carbocycles. The lowest BCUT2D eigenvalue weighted by molar-refractivity contribution is 0.270. The summed E-state index contributed by atoms with van der Waals surface area (Å²) in [5, 5.41) is 24.1. The van der Waals surface area contributed by atoms with E-state index in [0.29, 0.717) is 17.8 Å². The third-order valence-electron chi connectivity index (χ3n) is 4.12. The first-order chi connectivity index (χ1) is 10.3. The maximum absolute atomic E-state index is 10.2. The number of rotatable bonds is 5. The van der Waals surface area contributed by atoms with Gasteiger partial charge in [0.1, 0.15) is 5.75 Å². The quantitative estimate of drug-likeness (QED) is 0.877. The Kier molecular flexibility index (Phi) is 4.83. The number of aliphatic hydroxyl groups excluding tert-OH is 1. The Morgan fingerprint density at radius 2 is 1.77 bits per heavy atom. The molecular formula is C16H24N4O2. The van der Waals surface area contributed by atoms with Crippen molar-refractivity contribution in [3.63, 3.8) is 0 Å². The summed E-state index contributed by atoms with van der Waals surface area (Å²) < 4.78 is 1.88. The molecule has 2 aromatic rings. The first kappa shape index (κ1) is 16.5. The second-order valence-electron chi connectivity index (χ2n) is 5.80. The Balaban J connectivity index is 2.22. The van der Waals surface area contributed by atoms with Crippen LogP contribution in [0.4, 0.5) is 0 Å². The fraction of sp³-hybridized carbons (Fsp3) is 0.500. The van der Waals surface area contributed by atoms with Crippen molar-refractivity contribution in [2.24, 2.45) is 7.05 Å². The molecule has 0 atom stereocenters. The summed E-state index contributed by atoms with van der Waals surface area (Å²) in [6.45, 7) is 6.96. The van der Waals surface area contributed by atoms with Crippen molar-refractivity contribution in [3.8, 4) is 5.75 Å². The highest BCUT2D eigenvalue weighted by Crippen LogP contribution is 2.26. The zero-order valence-electron chi connectivity index (χ0n) is 13.9. The Labute approximate surface area is 131 Å². The lowest BCUT2D eigenvalue weighted by atomic mass is 10.1. The van der Waals surface area contributed by atoms with Crippen LogP contribution in [0.25, 0.3) is 0 Å². The normalized spacial score (nSPS) is 11.4. The molecule has 0 bridgehead atoms. The molecule has 0 aromatic carbocycles. The zero-order chi connectivity index (χ0) is 16.4. The highest BCUT2D eigenvalue weighted by molar-refractivity contribution is 5.40. The number of aromatic nitrogens is 3. The van der Waals surface area contributed by atoms with Crippen LogP contribution in [0.15, 0.2) is 6.20 Å². The molecule has 2 aromatic heterocycles. The summed E-state index contributed by atoms with van der Waals surface area (Å²) in [6.07, 6.45) is 1.62. The van der Waals surface area contributed by atoms with Gasteiger partial charge in [-0.05, 0) is 27.8 Å². The number of pyridine rings is 1. The maximum atomic E-state index is 10.2. The van der Waals surface area contributed by atoms with Crippen molar-refractivity contribution in [2.75, 3.05) is 7.05 Å². The average Bonchev–Trinajstić information content (AvgIpc) is 2.71. The summed E-state index contributed by atoms with van der Waals surface area (Å²) in [7, 11) is 3.93. The highest BCUT2D eigenvalue weighted by Gasteiger charge is 2.16. The van der Waals surface area contributed by atoms with Gasteiger partial charge in [0.15, 0.2) is 0 Å². The minimum atomic E-state index is -0.130. The van der Waals surface area contributed by atoms with Crippen LogP contribution in [-0.2, 0) is 26.7 Å². The Morgan fingerprint density at radius 1 is 1.14 bits per heavy atom. The van der Waals surface area contributed by atoms with Crippen molar-refractivity contribution in [2.45, 2.75) is 40.5 Å². The van der Waals surface area contributed by atoms with Gasteiger partial charge in [0, 0.05) is 48.7 Å². The molecule has 0 saturated carbocycles. The minimum absolute atomic E-state index is 0.130. The van der Waals surface area contributed by atoms with Gasteiger partial charge < -0.3 is 10.2 Å². The van der Waals surface area contributed by atoms with E-state index < -0.39 is 0 Å². The lowest BCUT2D eigenvalue weighted by Gasteiger charge is -2.20. The minimum Gasteiger partial charge on any atom is -0.506 e. The molecule has 6 heteroatoms. The molecule has 0 aliphatic rings. The van der Waals surface area contributed by atoms with E-state index >= 15 is 0 Å². The van der Waals surface area contributed by atoms with E-state index in [4.69, 9.17) is 0 Å². The number of aryl methyl sites for hydroxylation is 3. The zero-order valence-corrected chi connectivity index (χ0v) is 13.9. The number of hydrogen-bond acceptors (Lipinski definition) is 5. The van der Waals surface area contributed by atoms with E-state index in [1.807, 2.05) is 25.7 Å². The largest absolute Gasteiger partial charge is 0.506 e. The molecule has 0 spiro atoms. The third kappa shape index (κ3) is 3.13. The van der Waals surface area contributed by atoms with Gasteiger partial charge in [0.25, 0.3) is 0 Å². The molecule has 0 radical (unpaired) electrons. The van der Waals surface area contributed by atoms with Gasteiger partial charge in [-0.15, -0.1) is 0 Å². The number of hydrogen-bond donors (Lipinski definition) is 2. The Bertz CT molecular complexity index is 679. The van der Waals surface area contributed by atoms with Crippen molar-refractivity contribution in [1.29, 1.82) is 0 Å². The van der Waals surface area contributed by atoms with Crippen LogP contribution in [0.3, 0.4) is 0 Å². The van der Waals surface area contributed by atoms with Gasteiger partial charge in [-0.25, -0.2) is 0 Å². The first-order valence-corrected chi connectivity index (χ1v) is 7.30. The van der Waals surface area contributed by atoms with Gasteiger partial charge in [-0.1, -0.05) is 0 Å². The van der Waals surface area contributed by atoms with Crippen molar-refractivity contribution >= 4 is 0 Å². The summed E-state index contributed by atoms with van der Waals surface area (Å²) >= 11 is 0. The fourth-order valence-electron chi connectivity index (χ4n) is 2.64. The first-order valence-electron chi connectivity index (χ1n) is 7.30. The van der Waals surface area contributed by atoms with Crippen molar-refractivity contribution in [1.82, 2.24) is 19.7 Å². The smallest absolute Gasteiger partial charge is 0.141 e. The second-order valence-corrected chi connectivity index (χ2v) is 5.80. The third-order valence-corrected chi connectivity index (χ3v) is 4.12. The topological polar surface area (TPSA) is 74.4 Å². The van der Waals surface area contributed by atoms with Crippen LogP contribution < -0.4 is 0 Å². The predicted molar refractivity (Wildman–Crippen MR) is 84.4 cm³/mol. The average molecular weight is 304 g/mol. The van der Waals surface area contributed by atoms with E-state index in [-0.39, 0.29) is 12.4 Å². The molecular weight excluding hydrogens is 280 g/mol. The molecule has 0 unspecified atom stereocenters. The van der Waals surface area contributed by atoms with Crippen LogP contribution in [0, 0.1) is 20.8 Å². The summed E-state index contributed by atoms with van der Waals surface area (Å²) in [5.41, 5.74) is 5.33. The molecule has 0 amide bonds. The van der Waals surface area contributed by atoms with Crippen LogP contribution in [0.5, 0.6) is 5.75 Å². The van der Waals surface area contributed by atoms with E-state index in [9.17, 15) is 10.2 Å². The summed E-state index contributed by atoms with van der Waals surface area (Å²) in [6, 6.07) is 0. The molecule has 2 heterocycles. The lowest BCUT2D eigenvalue weighted by Crippen LogP contribution is -2.19. The number of aliphatic hydroxyl groups is 1. The van der Waals surface area contributed by atoms with E-state index in [0.717, 1.165) is 23.5 Å². The Morgan fingerprint density at radius 3 is 2.32 bits per heavy atom. The molecule has 0 saturated heterocycles. The predicted octanol–water partition coefficient (Wildman–Crippen LogP) is 1.57. The number of nitrogens with zero attached hydrogens (tertiary/aromatic N) is 4. The standard InChI is InChI=1S/C16H24N4O2/c1-10-14(12(3)20(5)18-10)7-19(4)8-15-13(9-21)6-17-11(2)16(15)22/h6,21-22H,7-9H2,1-5H3. The molecule has 6 nitrogen and oxygen atoms in total. The van der Waals surface area contributed by atoms with Gasteiger partial charge in [0.05, 0.1) is 18.0 Å². The fourth-order valence-corrected chi connectivity index (χ4v) is 2.64. The molecule has 2 rings (SSSR count). The Hall–Kier alpha value is -1.92. The van der Waals surface area contributed by atoms with Crippen LogP contribution in [0.1, 0.15) is 33.8 Å². The SMILES string of the molecule is Cc1ncc(CO)c(CN(C)Cc2c(C)nn(C)c2C)c1O. The van der Waals surface area contributed by atoms with Gasteiger partial charge in [0.2, 0.25) is 0 Å². The molecule has 0 fully saturated rings. The summed E-state index contributed by atoms with van der Waals surface area (Å²) in [4.78, 5) is 6.19. The van der Waals surface area contributed by atoms with Crippen LogP contribution in [0.2, 0.25) is 0 Å². The number of aromatic hydroxyl groups is 1.